The van der Waals surface area contributed by atoms with Crippen LogP contribution in [0.1, 0.15) is 51.9 Å². The zero-order valence-electron chi connectivity index (χ0n) is 11.0. The molecule has 2 aliphatic rings. The van der Waals surface area contributed by atoms with Gasteiger partial charge in [-0.25, -0.2) is 0 Å². The molecule has 1 amide bonds. The van der Waals surface area contributed by atoms with Crippen molar-refractivity contribution in [2.75, 3.05) is 13.1 Å². The minimum absolute atomic E-state index is 0.208. The number of hydrogen-bond acceptors (Lipinski definition) is 2. The highest BCUT2D eigenvalue weighted by atomic mass is 16.2. The minimum atomic E-state index is 0.208. The Kier molecular flexibility index (Phi) is 4.84. The van der Waals surface area contributed by atoms with Crippen LogP contribution in [0.15, 0.2) is 0 Å². The first-order valence-electron chi connectivity index (χ1n) is 7.28. The van der Waals surface area contributed by atoms with E-state index < -0.39 is 0 Å². The Bertz CT molecular complexity index is 249. The molecule has 3 nitrogen and oxygen atoms in total. The van der Waals surface area contributed by atoms with Crippen molar-refractivity contribution < 1.29 is 4.79 Å². The Hall–Kier alpha value is -0.570. The number of nitrogens with one attached hydrogen (secondary N) is 2. The third-order valence-electron chi connectivity index (χ3n) is 4.36. The summed E-state index contributed by atoms with van der Waals surface area (Å²) < 4.78 is 0. The van der Waals surface area contributed by atoms with Crippen molar-refractivity contribution >= 4 is 5.91 Å². The van der Waals surface area contributed by atoms with Gasteiger partial charge in [0.05, 0.1) is 5.92 Å². The first kappa shape index (κ1) is 12.9. The van der Waals surface area contributed by atoms with Crippen molar-refractivity contribution in [1.82, 2.24) is 10.6 Å². The first-order chi connectivity index (χ1) is 8.27. The molecule has 1 saturated carbocycles. The maximum absolute atomic E-state index is 12.2. The van der Waals surface area contributed by atoms with E-state index in [1.807, 2.05) is 0 Å². The van der Waals surface area contributed by atoms with Crippen LogP contribution in [0.3, 0.4) is 0 Å². The fourth-order valence-corrected chi connectivity index (χ4v) is 3.08. The molecule has 0 spiro atoms. The summed E-state index contributed by atoms with van der Waals surface area (Å²) in [6, 6.07) is 0.423. The summed E-state index contributed by atoms with van der Waals surface area (Å²) in [5, 5.41) is 6.62. The molecule has 0 aromatic heterocycles. The molecule has 0 aromatic rings. The van der Waals surface area contributed by atoms with Gasteiger partial charge in [-0.2, -0.15) is 0 Å². The monoisotopic (exact) mass is 238 g/mol. The third-order valence-corrected chi connectivity index (χ3v) is 4.36. The van der Waals surface area contributed by atoms with Crippen LogP contribution in [-0.4, -0.2) is 25.0 Å². The predicted molar refractivity (Wildman–Crippen MR) is 69.8 cm³/mol. The quantitative estimate of drug-likeness (QED) is 0.723. The lowest BCUT2D eigenvalue weighted by Gasteiger charge is -2.27. The van der Waals surface area contributed by atoms with Gasteiger partial charge in [-0.15, -0.1) is 0 Å². The van der Waals surface area contributed by atoms with E-state index in [0.29, 0.717) is 12.0 Å². The van der Waals surface area contributed by atoms with E-state index in [-0.39, 0.29) is 11.8 Å². The normalized spacial score (nSPS) is 35.0. The SMILES string of the molecule is CC1CCCCCC1NC(=O)C1CCCNC1. The van der Waals surface area contributed by atoms with E-state index >= 15 is 0 Å². The van der Waals surface area contributed by atoms with Gasteiger partial charge in [-0.1, -0.05) is 26.2 Å². The van der Waals surface area contributed by atoms with Crippen molar-refractivity contribution in [3.63, 3.8) is 0 Å². The zero-order chi connectivity index (χ0) is 12.1. The summed E-state index contributed by atoms with van der Waals surface area (Å²) in [4.78, 5) is 12.2. The van der Waals surface area contributed by atoms with E-state index in [4.69, 9.17) is 0 Å². The highest BCUT2D eigenvalue weighted by Crippen LogP contribution is 2.23. The molecule has 2 fully saturated rings. The highest BCUT2D eigenvalue weighted by molar-refractivity contribution is 5.79. The average molecular weight is 238 g/mol. The molecule has 2 rings (SSSR count). The molecule has 2 N–H and O–H groups in total. The van der Waals surface area contributed by atoms with Gasteiger partial charge in [-0.3, -0.25) is 4.79 Å². The molecular formula is C14H26N2O. The molecule has 17 heavy (non-hydrogen) atoms. The molecule has 3 heteroatoms. The maximum atomic E-state index is 12.2. The molecule has 3 unspecified atom stereocenters. The summed E-state index contributed by atoms with van der Waals surface area (Å²) in [6.45, 7) is 4.23. The standard InChI is InChI=1S/C14H26N2O/c1-11-6-3-2-4-8-13(11)16-14(17)12-7-5-9-15-10-12/h11-13,15H,2-10H2,1H3,(H,16,17). The Morgan fingerprint density at radius 2 is 1.94 bits per heavy atom. The number of carbonyl (C=O) groups is 1. The average Bonchev–Trinajstić information content (AvgIpc) is 2.56. The van der Waals surface area contributed by atoms with Crippen molar-refractivity contribution in [1.29, 1.82) is 0 Å². The van der Waals surface area contributed by atoms with Crippen LogP contribution >= 0.6 is 0 Å². The van der Waals surface area contributed by atoms with Gasteiger partial charge in [0.2, 0.25) is 5.91 Å². The number of carbonyl (C=O) groups excluding carboxylic acids is 1. The molecule has 0 bridgehead atoms. The second kappa shape index (κ2) is 6.39. The maximum Gasteiger partial charge on any atom is 0.224 e. The van der Waals surface area contributed by atoms with E-state index in [0.717, 1.165) is 25.9 Å². The summed E-state index contributed by atoms with van der Waals surface area (Å²) in [7, 11) is 0. The van der Waals surface area contributed by atoms with E-state index in [1.165, 1.54) is 32.1 Å². The van der Waals surface area contributed by atoms with Crippen LogP contribution in [0.5, 0.6) is 0 Å². The van der Waals surface area contributed by atoms with Gasteiger partial charge in [-0.05, 0) is 38.1 Å². The lowest BCUT2D eigenvalue weighted by molar-refractivity contribution is -0.126. The summed E-state index contributed by atoms with van der Waals surface area (Å²) in [6.07, 6.45) is 8.58. The topological polar surface area (TPSA) is 41.1 Å². The summed E-state index contributed by atoms with van der Waals surface area (Å²) in [5.41, 5.74) is 0. The molecule has 98 valence electrons. The van der Waals surface area contributed by atoms with Crippen LogP contribution in [0.25, 0.3) is 0 Å². The van der Waals surface area contributed by atoms with Gasteiger partial charge < -0.3 is 10.6 Å². The Morgan fingerprint density at radius 3 is 2.71 bits per heavy atom. The van der Waals surface area contributed by atoms with Gasteiger partial charge in [0, 0.05) is 12.6 Å². The second-order valence-corrected chi connectivity index (χ2v) is 5.77. The molecule has 0 aromatic carbocycles. The fraction of sp³-hybridized carbons (Fsp3) is 0.929. The van der Waals surface area contributed by atoms with Gasteiger partial charge in [0.25, 0.3) is 0 Å². The molecule has 1 aliphatic heterocycles. The smallest absolute Gasteiger partial charge is 0.224 e. The van der Waals surface area contributed by atoms with E-state index in [9.17, 15) is 4.79 Å². The fourth-order valence-electron chi connectivity index (χ4n) is 3.08. The summed E-state index contributed by atoms with van der Waals surface area (Å²) in [5.74, 6) is 1.15. The molecular weight excluding hydrogens is 212 g/mol. The van der Waals surface area contributed by atoms with Gasteiger partial charge >= 0.3 is 0 Å². The lowest BCUT2D eigenvalue weighted by atomic mass is 9.94. The van der Waals surface area contributed by atoms with Gasteiger partial charge in [0.1, 0.15) is 0 Å². The Morgan fingerprint density at radius 1 is 1.12 bits per heavy atom. The molecule has 1 saturated heterocycles. The van der Waals surface area contributed by atoms with Crippen molar-refractivity contribution in [2.24, 2.45) is 11.8 Å². The minimum Gasteiger partial charge on any atom is -0.353 e. The Labute approximate surface area is 105 Å². The predicted octanol–water partition coefficient (Wildman–Crippen LogP) is 2.07. The molecule has 3 atom stereocenters. The van der Waals surface area contributed by atoms with Crippen LogP contribution in [0.2, 0.25) is 0 Å². The molecule has 1 heterocycles. The van der Waals surface area contributed by atoms with Crippen LogP contribution < -0.4 is 10.6 Å². The Balaban J connectivity index is 1.83. The van der Waals surface area contributed by atoms with Crippen LogP contribution in [-0.2, 0) is 4.79 Å². The zero-order valence-corrected chi connectivity index (χ0v) is 11.0. The largest absolute Gasteiger partial charge is 0.353 e. The summed E-state index contributed by atoms with van der Waals surface area (Å²) >= 11 is 0. The third kappa shape index (κ3) is 3.70. The lowest BCUT2D eigenvalue weighted by Crippen LogP contribution is -2.46. The van der Waals surface area contributed by atoms with Crippen LogP contribution in [0.4, 0.5) is 0 Å². The van der Waals surface area contributed by atoms with Crippen LogP contribution in [0, 0.1) is 11.8 Å². The highest BCUT2D eigenvalue weighted by Gasteiger charge is 2.26. The van der Waals surface area contributed by atoms with Crippen molar-refractivity contribution in [3.05, 3.63) is 0 Å². The first-order valence-corrected chi connectivity index (χ1v) is 7.28. The number of rotatable bonds is 2. The van der Waals surface area contributed by atoms with Gasteiger partial charge in [0.15, 0.2) is 0 Å². The number of amides is 1. The number of hydrogen-bond donors (Lipinski definition) is 2. The molecule has 1 aliphatic carbocycles. The van der Waals surface area contributed by atoms with Crippen molar-refractivity contribution in [2.45, 2.75) is 57.9 Å². The van der Waals surface area contributed by atoms with E-state index in [2.05, 4.69) is 17.6 Å². The van der Waals surface area contributed by atoms with E-state index in [1.54, 1.807) is 0 Å². The number of piperidine rings is 1. The van der Waals surface area contributed by atoms with Crippen molar-refractivity contribution in [3.8, 4) is 0 Å². The molecule has 0 radical (unpaired) electrons. The second-order valence-electron chi connectivity index (χ2n) is 5.77.